The van der Waals surface area contributed by atoms with Crippen LogP contribution in [-0.4, -0.2) is 17.5 Å². The lowest BCUT2D eigenvalue weighted by atomic mass is 10.1. The van der Waals surface area contributed by atoms with Gasteiger partial charge in [-0.1, -0.05) is 36.1 Å². The van der Waals surface area contributed by atoms with Crippen molar-refractivity contribution in [2.75, 3.05) is 6.61 Å². The Morgan fingerprint density at radius 1 is 1.28 bits per heavy atom. The van der Waals surface area contributed by atoms with E-state index >= 15 is 0 Å². The monoisotopic (exact) mass is 240 g/mol. The predicted octanol–water partition coefficient (Wildman–Crippen LogP) is 2.74. The average Bonchev–Trinajstić information content (AvgIpc) is 2.38. The minimum absolute atomic E-state index is 0.0546. The third-order valence-corrected chi connectivity index (χ3v) is 2.32. The molecule has 0 saturated carbocycles. The van der Waals surface area contributed by atoms with Crippen molar-refractivity contribution in [2.24, 2.45) is 0 Å². The van der Waals surface area contributed by atoms with Crippen molar-refractivity contribution in [3.63, 3.8) is 0 Å². The third-order valence-electron chi connectivity index (χ3n) is 2.32. The van der Waals surface area contributed by atoms with Crippen molar-refractivity contribution < 1.29 is 9.90 Å². The molecule has 0 radical (unpaired) electrons. The van der Waals surface area contributed by atoms with Crippen LogP contribution in [0.2, 0.25) is 0 Å². The van der Waals surface area contributed by atoms with Crippen LogP contribution in [0.1, 0.15) is 29.8 Å². The number of rotatable bonds is 3. The second-order valence-corrected chi connectivity index (χ2v) is 3.93. The van der Waals surface area contributed by atoms with Gasteiger partial charge in [-0.3, -0.25) is 4.79 Å². The standard InChI is InChI=1S/C16H16O2/c1-13(12-17)6-4-3-5-7-15-8-10-16(11-9-15)14(2)18/h3-4,6,8-11,17H,12H2,1-2H3/b4-3+,13-6+. The summed E-state index contributed by atoms with van der Waals surface area (Å²) in [6.45, 7) is 3.45. The summed E-state index contributed by atoms with van der Waals surface area (Å²) in [6, 6.07) is 7.19. The molecule has 92 valence electrons. The van der Waals surface area contributed by atoms with Crippen LogP contribution < -0.4 is 0 Å². The summed E-state index contributed by atoms with van der Waals surface area (Å²) in [4.78, 5) is 11.1. The first kappa shape index (κ1) is 14.0. The molecular weight excluding hydrogens is 224 g/mol. The lowest BCUT2D eigenvalue weighted by Crippen LogP contribution is -1.90. The van der Waals surface area contributed by atoms with Gasteiger partial charge in [0.1, 0.15) is 0 Å². The minimum Gasteiger partial charge on any atom is -0.392 e. The highest BCUT2D eigenvalue weighted by molar-refractivity contribution is 5.94. The van der Waals surface area contributed by atoms with Crippen LogP contribution in [0.5, 0.6) is 0 Å². The highest BCUT2D eigenvalue weighted by atomic mass is 16.3. The number of hydrogen-bond donors (Lipinski definition) is 1. The second kappa shape index (κ2) is 7.26. The van der Waals surface area contributed by atoms with Crippen LogP contribution in [0.15, 0.2) is 48.1 Å². The van der Waals surface area contributed by atoms with E-state index in [2.05, 4.69) is 11.8 Å². The van der Waals surface area contributed by atoms with Crippen LogP contribution in [0.4, 0.5) is 0 Å². The second-order valence-electron chi connectivity index (χ2n) is 3.93. The van der Waals surface area contributed by atoms with Crippen molar-refractivity contribution in [3.05, 3.63) is 59.2 Å². The molecule has 0 amide bonds. The molecule has 0 fully saturated rings. The van der Waals surface area contributed by atoms with Crippen molar-refractivity contribution >= 4 is 5.78 Å². The van der Waals surface area contributed by atoms with Gasteiger partial charge in [0.25, 0.3) is 0 Å². The number of aliphatic hydroxyl groups is 1. The van der Waals surface area contributed by atoms with E-state index in [0.717, 1.165) is 11.1 Å². The number of aliphatic hydroxyl groups excluding tert-OH is 1. The number of hydrogen-bond acceptors (Lipinski definition) is 2. The molecule has 18 heavy (non-hydrogen) atoms. The third kappa shape index (κ3) is 4.82. The van der Waals surface area contributed by atoms with E-state index in [4.69, 9.17) is 5.11 Å². The Bertz CT molecular complexity index is 522. The fraction of sp³-hybridized carbons (Fsp3) is 0.188. The summed E-state index contributed by atoms with van der Waals surface area (Å²) >= 11 is 0. The largest absolute Gasteiger partial charge is 0.392 e. The Labute approximate surface area is 108 Å². The molecule has 1 aromatic rings. The molecule has 0 bridgehead atoms. The smallest absolute Gasteiger partial charge is 0.159 e. The first-order valence-electron chi connectivity index (χ1n) is 5.69. The molecule has 0 saturated heterocycles. The molecule has 0 aliphatic carbocycles. The Hall–Kier alpha value is -2.11. The number of allylic oxidation sites excluding steroid dienone is 3. The van der Waals surface area contributed by atoms with Gasteiger partial charge in [-0.2, -0.15) is 0 Å². The molecule has 0 spiro atoms. The molecule has 0 atom stereocenters. The van der Waals surface area contributed by atoms with E-state index in [1.54, 1.807) is 31.2 Å². The lowest BCUT2D eigenvalue weighted by Gasteiger charge is -1.94. The van der Waals surface area contributed by atoms with Gasteiger partial charge in [-0.25, -0.2) is 0 Å². The zero-order chi connectivity index (χ0) is 13.4. The normalized spacial score (nSPS) is 11.2. The van der Waals surface area contributed by atoms with Gasteiger partial charge in [0.05, 0.1) is 6.61 Å². The molecule has 0 aliphatic heterocycles. The number of Topliss-reactive ketones (excluding diaryl/α,β-unsaturated/α-hetero) is 1. The van der Waals surface area contributed by atoms with E-state index in [-0.39, 0.29) is 12.4 Å². The Morgan fingerprint density at radius 2 is 1.94 bits per heavy atom. The number of benzene rings is 1. The van der Waals surface area contributed by atoms with Gasteiger partial charge in [0, 0.05) is 11.1 Å². The molecule has 2 nitrogen and oxygen atoms in total. The van der Waals surface area contributed by atoms with Gasteiger partial charge in [-0.05, 0) is 37.6 Å². The van der Waals surface area contributed by atoms with Crippen molar-refractivity contribution in [2.45, 2.75) is 13.8 Å². The molecular formula is C16H16O2. The van der Waals surface area contributed by atoms with Gasteiger partial charge < -0.3 is 5.11 Å². The van der Waals surface area contributed by atoms with Crippen LogP contribution in [0.3, 0.4) is 0 Å². The Kier molecular flexibility index (Phi) is 5.63. The Balaban J connectivity index is 2.66. The maximum Gasteiger partial charge on any atom is 0.159 e. The van der Waals surface area contributed by atoms with Gasteiger partial charge in [0.2, 0.25) is 0 Å². The maximum atomic E-state index is 11.1. The lowest BCUT2D eigenvalue weighted by molar-refractivity contribution is 0.101. The van der Waals surface area contributed by atoms with Crippen LogP contribution in [0.25, 0.3) is 0 Å². The Morgan fingerprint density at radius 3 is 2.50 bits per heavy atom. The quantitative estimate of drug-likeness (QED) is 0.501. The number of carbonyl (C=O) groups is 1. The van der Waals surface area contributed by atoms with Gasteiger partial charge in [-0.15, -0.1) is 0 Å². The molecule has 1 rings (SSSR count). The molecule has 0 heterocycles. The SMILES string of the molecule is CC(=O)c1ccc(C#C/C=C/C=C(\C)CO)cc1. The average molecular weight is 240 g/mol. The molecule has 1 N–H and O–H groups in total. The first-order chi connectivity index (χ1) is 8.63. The van der Waals surface area contributed by atoms with E-state index in [0.29, 0.717) is 5.56 Å². The topological polar surface area (TPSA) is 37.3 Å². The number of carbonyl (C=O) groups excluding carboxylic acids is 1. The fourth-order valence-corrected chi connectivity index (χ4v) is 1.23. The first-order valence-corrected chi connectivity index (χ1v) is 5.69. The van der Waals surface area contributed by atoms with Gasteiger partial charge in [0.15, 0.2) is 5.78 Å². The molecule has 2 heteroatoms. The number of ketones is 1. The van der Waals surface area contributed by atoms with Crippen molar-refractivity contribution in [3.8, 4) is 11.8 Å². The summed E-state index contributed by atoms with van der Waals surface area (Å²) in [7, 11) is 0. The molecule has 0 aromatic heterocycles. The van der Waals surface area contributed by atoms with Crippen molar-refractivity contribution in [1.29, 1.82) is 0 Å². The summed E-state index contributed by atoms with van der Waals surface area (Å²) in [5, 5.41) is 8.77. The van der Waals surface area contributed by atoms with E-state index in [1.165, 1.54) is 0 Å². The highest BCUT2D eigenvalue weighted by Gasteiger charge is 1.96. The molecule has 0 aliphatic rings. The minimum atomic E-state index is 0.0546. The predicted molar refractivity (Wildman–Crippen MR) is 73.3 cm³/mol. The summed E-state index contributed by atoms with van der Waals surface area (Å²) in [6.07, 6.45) is 5.33. The van der Waals surface area contributed by atoms with Crippen molar-refractivity contribution in [1.82, 2.24) is 0 Å². The summed E-state index contributed by atoms with van der Waals surface area (Å²) < 4.78 is 0. The van der Waals surface area contributed by atoms with E-state index < -0.39 is 0 Å². The summed E-state index contributed by atoms with van der Waals surface area (Å²) in [5.74, 6) is 5.91. The fourth-order valence-electron chi connectivity index (χ4n) is 1.23. The van der Waals surface area contributed by atoms with Gasteiger partial charge >= 0.3 is 0 Å². The molecule has 0 unspecified atom stereocenters. The van der Waals surface area contributed by atoms with E-state index in [9.17, 15) is 4.79 Å². The van der Waals surface area contributed by atoms with Crippen LogP contribution in [-0.2, 0) is 0 Å². The zero-order valence-electron chi connectivity index (χ0n) is 10.6. The highest BCUT2D eigenvalue weighted by Crippen LogP contribution is 2.03. The molecule has 1 aromatic carbocycles. The van der Waals surface area contributed by atoms with E-state index in [1.807, 2.05) is 25.1 Å². The maximum absolute atomic E-state index is 11.1. The summed E-state index contributed by atoms with van der Waals surface area (Å²) in [5.41, 5.74) is 2.45. The van der Waals surface area contributed by atoms with Crippen LogP contribution in [0, 0.1) is 11.8 Å². The van der Waals surface area contributed by atoms with Crippen LogP contribution >= 0.6 is 0 Å². The zero-order valence-corrected chi connectivity index (χ0v) is 10.6.